The lowest BCUT2D eigenvalue weighted by atomic mass is 10.1. The molecule has 1 aliphatic rings. The molecule has 1 aliphatic heterocycles. The van der Waals surface area contributed by atoms with Crippen LogP contribution in [0.4, 0.5) is 0 Å². The van der Waals surface area contributed by atoms with Crippen LogP contribution in [0.2, 0.25) is 0 Å². The summed E-state index contributed by atoms with van der Waals surface area (Å²) in [6.07, 6.45) is 1.76. The molecular formula is C16H23N3O3S. The predicted octanol–water partition coefficient (Wildman–Crippen LogP) is 1.59. The lowest BCUT2D eigenvalue weighted by molar-refractivity contribution is -0.141. The third kappa shape index (κ3) is 3.60. The van der Waals surface area contributed by atoms with Crippen molar-refractivity contribution >= 4 is 23.6 Å². The van der Waals surface area contributed by atoms with Crippen molar-refractivity contribution in [2.24, 2.45) is 0 Å². The Balaban J connectivity index is 2.14. The first-order valence-electron chi connectivity index (χ1n) is 7.45. The summed E-state index contributed by atoms with van der Waals surface area (Å²) in [6, 6.07) is -0.379. The molecule has 0 saturated carbocycles. The molecule has 0 N–H and O–H groups in total. The van der Waals surface area contributed by atoms with Crippen molar-refractivity contribution in [3.8, 4) is 5.75 Å². The van der Waals surface area contributed by atoms with E-state index in [-0.39, 0.29) is 17.9 Å². The van der Waals surface area contributed by atoms with Gasteiger partial charge in [0.15, 0.2) is 0 Å². The van der Waals surface area contributed by atoms with Gasteiger partial charge in [0.25, 0.3) is 0 Å². The molecule has 0 spiro atoms. The molecule has 0 aromatic carbocycles. The van der Waals surface area contributed by atoms with Crippen LogP contribution in [-0.2, 0) is 16.1 Å². The molecule has 1 aromatic rings. The number of methoxy groups -OCH3 is 1. The minimum atomic E-state index is -0.379. The van der Waals surface area contributed by atoms with E-state index >= 15 is 0 Å². The van der Waals surface area contributed by atoms with Crippen molar-refractivity contribution in [3.63, 3.8) is 0 Å². The Bertz CT molecular complexity index is 621. The van der Waals surface area contributed by atoms with Crippen LogP contribution < -0.4 is 4.74 Å². The lowest BCUT2D eigenvalue weighted by Gasteiger charge is -2.27. The molecule has 2 heterocycles. The number of carbonyl (C=O) groups is 2. The summed E-state index contributed by atoms with van der Waals surface area (Å²) in [5.74, 6) is 1.92. The van der Waals surface area contributed by atoms with Crippen molar-refractivity contribution in [1.82, 2.24) is 14.8 Å². The van der Waals surface area contributed by atoms with Crippen LogP contribution in [0.1, 0.15) is 23.7 Å². The second-order valence-corrected chi connectivity index (χ2v) is 6.74. The monoisotopic (exact) mass is 337 g/mol. The first kappa shape index (κ1) is 17.6. The number of nitrogens with zero attached hydrogens (tertiary/aromatic N) is 3. The largest absolute Gasteiger partial charge is 0.496 e. The Morgan fingerprint density at radius 1 is 1.48 bits per heavy atom. The van der Waals surface area contributed by atoms with E-state index in [2.05, 4.69) is 4.98 Å². The summed E-state index contributed by atoms with van der Waals surface area (Å²) in [6.45, 7) is 5.79. The molecule has 1 atom stereocenters. The highest BCUT2D eigenvalue weighted by molar-refractivity contribution is 7.99. The zero-order valence-electron chi connectivity index (χ0n) is 14.3. The van der Waals surface area contributed by atoms with Crippen LogP contribution in [0.3, 0.4) is 0 Å². The number of amides is 2. The maximum atomic E-state index is 12.7. The fourth-order valence-electron chi connectivity index (χ4n) is 2.75. The summed E-state index contributed by atoms with van der Waals surface area (Å²) < 4.78 is 5.41. The molecule has 1 saturated heterocycles. The van der Waals surface area contributed by atoms with Crippen LogP contribution >= 0.6 is 11.8 Å². The van der Waals surface area contributed by atoms with Crippen molar-refractivity contribution in [3.05, 3.63) is 23.0 Å². The van der Waals surface area contributed by atoms with Gasteiger partial charge in [0.2, 0.25) is 11.8 Å². The van der Waals surface area contributed by atoms with Crippen molar-refractivity contribution < 1.29 is 14.3 Å². The number of rotatable bonds is 4. The normalized spacial score (nSPS) is 17.3. The maximum absolute atomic E-state index is 12.7. The van der Waals surface area contributed by atoms with Crippen LogP contribution in [0.5, 0.6) is 5.75 Å². The van der Waals surface area contributed by atoms with Gasteiger partial charge in [-0.05, 0) is 13.8 Å². The quantitative estimate of drug-likeness (QED) is 0.835. The molecule has 2 amide bonds. The Morgan fingerprint density at radius 2 is 2.17 bits per heavy atom. The molecule has 1 aromatic heterocycles. The van der Waals surface area contributed by atoms with Crippen LogP contribution in [0, 0.1) is 13.8 Å². The summed E-state index contributed by atoms with van der Waals surface area (Å²) in [4.78, 5) is 32.0. The molecule has 1 fully saturated rings. The standard InChI is InChI=1S/C16H23N3O3S/c1-10-6-17-13(11(2)15(10)22-5)7-18(4)16(21)14-8-23-9-19(14)12(3)20/h6,14H,7-9H2,1-5H3. The number of pyridine rings is 1. The molecule has 2 rings (SSSR count). The van der Waals surface area contributed by atoms with Gasteiger partial charge in [-0.1, -0.05) is 0 Å². The Labute approximate surface area is 141 Å². The first-order valence-corrected chi connectivity index (χ1v) is 8.61. The van der Waals surface area contributed by atoms with Gasteiger partial charge in [-0.15, -0.1) is 11.8 Å². The minimum absolute atomic E-state index is 0.0501. The maximum Gasteiger partial charge on any atom is 0.246 e. The van der Waals surface area contributed by atoms with E-state index in [1.54, 1.807) is 41.9 Å². The van der Waals surface area contributed by atoms with Crippen LogP contribution in [0.25, 0.3) is 0 Å². The molecule has 23 heavy (non-hydrogen) atoms. The Hall–Kier alpha value is -1.76. The van der Waals surface area contributed by atoms with Crippen LogP contribution in [0.15, 0.2) is 6.20 Å². The number of carbonyl (C=O) groups excluding carboxylic acids is 2. The summed E-state index contributed by atoms with van der Waals surface area (Å²) in [5, 5.41) is 0. The van der Waals surface area contributed by atoms with Gasteiger partial charge in [0.1, 0.15) is 11.8 Å². The van der Waals surface area contributed by atoms with E-state index in [1.807, 2.05) is 13.8 Å². The van der Waals surface area contributed by atoms with Crippen molar-refractivity contribution in [2.45, 2.75) is 33.4 Å². The summed E-state index contributed by atoms with van der Waals surface area (Å²) in [7, 11) is 3.38. The summed E-state index contributed by atoms with van der Waals surface area (Å²) >= 11 is 1.60. The van der Waals surface area contributed by atoms with E-state index in [1.165, 1.54) is 6.92 Å². The van der Waals surface area contributed by atoms with Gasteiger partial charge in [0, 0.05) is 37.0 Å². The number of thioether (sulfide) groups is 1. The second kappa shape index (κ2) is 7.21. The molecule has 6 nitrogen and oxygen atoms in total. The first-order chi connectivity index (χ1) is 10.9. The van der Waals surface area contributed by atoms with E-state index < -0.39 is 0 Å². The number of ether oxygens (including phenoxy) is 1. The Morgan fingerprint density at radius 3 is 2.78 bits per heavy atom. The smallest absolute Gasteiger partial charge is 0.246 e. The number of likely N-dealkylation sites (N-methyl/N-ethyl adjacent to an activating group) is 1. The molecule has 0 bridgehead atoms. The molecular weight excluding hydrogens is 314 g/mol. The lowest BCUT2D eigenvalue weighted by Crippen LogP contribution is -2.47. The van der Waals surface area contributed by atoms with Gasteiger partial charge in [-0.2, -0.15) is 0 Å². The van der Waals surface area contributed by atoms with Gasteiger partial charge < -0.3 is 14.5 Å². The second-order valence-electron chi connectivity index (χ2n) is 5.74. The molecule has 0 radical (unpaired) electrons. The minimum Gasteiger partial charge on any atom is -0.496 e. The number of aryl methyl sites for hydroxylation is 1. The fourth-order valence-corrected chi connectivity index (χ4v) is 3.95. The van der Waals surface area contributed by atoms with Crippen molar-refractivity contribution in [2.75, 3.05) is 25.8 Å². The topological polar surface area (TPSA) is 62.7 Å². The zero-order valence-corrected chi connectivity index (χ0v) is 15.1. The third-order valence-electron chi connectivity index (χ3n) is 4.08. The molecule has 126 valence electrons. The highest BCUT2D eigenvalue weighted by atomic mass is 32.2. The molecule has 7 heteroatoms. The fraction of sp³-hybridized carbons (Fsp3) is 0.562. The average Bonchev–Trinajstić information content (AvgIpc) is 2.99. The Kier molecular flexibility index (Phi) is 5.51. The average molecular weight is 337 g/mol. The number of aromatic nitrogens is 1. The van der Waals surface area contributed by atoms with Gasteiger partial charge in [0.05, 0.1) is 25.2 Å². The third-order valence-corrected chi connectivity index (χ3v) is 5.10. The summed E-state index contributed by atoms with van der Waals surface area (Å²) in [5.41, 5.74) is 2.72. The predicted molar refractivity (Wildman–Crippen MR) is 90.4 cm³/mol. The number of hydrogen-bond donors (Lipinski definition) is 0. The van der Waals surface area contributed by atoms with Crippen LogP contribution in [-0.4, -0.2) is 58.4 Å². The van der Waals surface area contributed by atoms with E-state index in [9.17, 15) is 9.59 Å². The van der Waals surface area contributed by atoms with Gasteiger partial charge in [-0.25, -0.2) is 0 Å². The van der Waals surface area contributed by atoms with Crippen molar-refractivity contribution in [1.29, 1.82) is 0 Å². The van der Waals surface area contributed by atoms with E-state index in [4.69, 9.17) is 4.74 Å². The molecule has 1 unspecified atom stereocenters. The van der Waals surface area contributed by atoms with Gasteiger partial charge >= 0.3 is 0 Å². The zero-order chi connectivity index (χ0) is 17.1. The number of hydrogen-bond acceptors (Lipinski definition) is 5. The van der Waals surface area contributed by atoms with E-state index in [0.29, 0.717) is 18.2 Å². The van der Waals surface area contributed by atoms with Gasteiger partial charge in [-0.3, -0.25) is 14.6 Å². The highest BCUT2D eigenvalue weighted by Gasteiger charge is 2.34. The highest BCUT2D eigenvalue weighted by Crippen LogP contribution is 2.26. The SMILES string of the molecule is COc1c(C)cnc(CN(C)C(=O)C2CSCN2C(C)=O)c1C. The molecule has 0 aliphatic carbocycles. The van der Waals surface area contributed by atoms with E-state index in [0.717, 1.165) is 22.6 Å².